The van der Waals surface area contributed by atoms with E-state index in [1.54, 1.807) is 13.0 Å². The van der Waals surface area contributed by atoms with Crippen LogP contribution < -0.4 is 16.6 Å². The van der Waals surface area contributed by atoms with Crippen LogP contribution in [0.5, 0.6) is 0 Å². The molecule has 1 aromatic carbocycles. The average molecular weight is 216 g/mol. The van der Waals surface area contributed by atoms with Crippen LogP contribution in [0.1, 0.15) is 6.92 Å². The lowest BCUT2D eigenvalue weighted by atomic mass is 10.3. The highest BCUT2D eigenvalue weighted by Gasteiger charge is 2.03. The number of hydrazine groups is 1. The van der Waals surface area contributed by atoms with Crippen LogP contribution in [-0.4, -0.2) is 0 Å². The molecule has 14 heavy (non-hydrogen) atoms. The van der Waals surface area contributed by atoms with Gasteiger partial charge in [-0.25, -0.2) is 10.2 Å². The van der Waals surface area contributed by atoms with E-state index >= 15 is 0 Å². The molecule has 0 spiro atoms. The Morgan fingerprint density at radius 2 is 2.21 bits per heavy atom. The van der Waals surface area contributed by atoms with E-state index in [4.69, 9.17) is 23.2 Å². The molecule has 0 aliphatic rings. The molecule has 1 aromatic rings. The second-order valence-corrected chi connectivity index (χ2v) is 3.29. The second-order valence-electron chi connectivity index (χ2n) is 2.88. The van der Waals surface area contributed by atoms with Gasteiger partial charge in [0, 0.05) is 18.0 Å². The Labute approximate surface area is 86.7 Å². The van der Waals surface area contributed by atoms with E-state index in [9.17, 15) is 4.39 Å². The smallest absolute Gasteiger partial charge is 0.143 e. The highest BCUT2D eigenvalue weighted by Crippen LogP contribution is 2.20. The summed E-state index contributed by atoms with van der Waals surface area (Å²) in [6.45, 7) is 1.69. The Morgan fingerprint density at radius 3 is 2.71 bits per heavy atom. The maximum absolute atomic E-state index is 13.0. The minimum absolute atomic E-state index is 0.0654. The maximum Gasteiger partial charge on any atom is 0.143 e. The largest absolute Gasteiger partial charge is 0.401 e. The number of nitrogens with two attached hydrogens (primary N) is 2. The summed E-state index contributed by atoms with van der Waals surface area (Å²) in [6, 6.07) is 4.28. The summed E-state index contributed by atoms with van der Waals surface area (Å²) < 4.78 is 13.0. The number of allylic oxidation sites excluding steroid dienone is 1. The number of anilines is 1. The normalized spacial score (nSPS) is 11.6. The first-order chi connectivity index (χ1) is 6.50. The van der Waals surface area contributed by atoms with E-state index in [-0.39, 0.29) is 5.02 Å². The predicted octanol–water partition coefficient (Wildman–Crippen LogP) is 1.98. The van der Waals surface area contributed by atoms with Crippen molar-refractivity contribution in [3.63, 3.8) is 0 Å². The Kier molecular flexibility index (Phi) is 3.33. The van der Waals surface area contributed by atoms with Crippen molar-refractivity contribution in [2.75, 3.05) is 5.01 Å². The molecule has 0 aromatic heterocycles. The average Bonchev–Trinajstić information content (AvgIpc) is 2.08. The first kappa shape index (κ1) is 10.8. The number of rotatable bonds is 2. The molecular weight excluding hydrogens is 205 g/mol. The first-order valence-electron chi connectivity index (χ1n) is 3.93. The molecule has 0 aliphatic carbocycles. The van der Waals surface area contributed by atoms with E-state index in [1.807, 2.05) is 0 Å². The van der Waals surface area contributed by atoms with E-state index in [2.05, 4.69) is 0 Å². The van der Waals surface area contributed by atoms with Gasteiger partial charge in [0.2, 0.25) is 0 Å². The SMILES string of the molecule is C/C(N)=C/N(N)c1ccc(Cl)c(F)c1. The fourth-order valence-corrected chi connectivity index (χ4v) is 1.06. The van der Waals surface area contributed by atoms with Crippen LogP contribution in [0, 0.1) is 5.82 Å². The van der Waals surface area contributed by atoms with E-state index < -0.39 is 5.82 Å². The highest BCUT2D eigenvalue weighted by atomic mass is 35.5. The van der Waals surface area contributed by atoms with Gasteiger partial charge >= 0.3 is 0 Å². The molecule has 0 bridgehead atoms. The Bertz CT molecular complexity index is 361. The molecule has 4 N–H and O–H groups in total. The summed E-state index contributed by atoms with van der Waals surface area (Å²) in [5.74, 6) is 5.07. The van der Waals surface area contributed by atoms with Crippen LogP contribution in [0.2, 0.25) is 5.02 Å². The minimum atomic E-state index is -0.511. The van der Waals surface area contributed by atoms with Gasteiger partial charge in [-0.2, -0.15) is 0 Å². The van der Waals surface area contributed by atoms with Crippen molar-refractivity contribution < 1.29 is 4.39 Å². The number of benzene rings is 1. The lowest BCUT2D eigenvalue weighted by Crippen LogP contribution is -2.25. The Balaban J connectivity index is 2.97. The van der Waals surface area contributed by atoms with Crippen molar-refractivity contribution >= 4 is 17.3 Å². The molecule has 0 saturated heterocycles. The molecular formula is C9H11ClFN3. The van der Waals surface area contributed by atoms with E-state index in [0.29, 0.717) is 11.4 Å². The fraction of sp³-hybridized carbons (Fsp3) is 0.111. The molecule has 3 nitrogen and oxygen atoms in total. The first-order valence-corrected chi connectivity index (χ1v) is 4.31. The molecule has 0 saturated carbocycles. The third-order valence-corrected chi connectivity index (χ3v) is 1.85. The molecule has 0 radical (unpaired) electrons. The van der Waals surface area contributed by atoms with Crippen molar-refractivity contribution in [1.82, 2.24) is 0 Å². The van der Waals surface area contributed by atoms with Crippen molar-refractivity contribution in [2.45, 2.75) is 6.92 Å². The van der Waals surface area contributed by atoms with Crippen LogP contribution in [0.4, 0.5) is 10.1 Å². The number of hydrogen-bond acceptors (Lipinski definition) is 3. The third kappa shape index (κ3) is 2.61. The summed E-state index contributed by atoms with van der Waals surface area (Å²) in [5, 5.41) is 1.30. The maximum atomic E-state index is 13.0. The molecule has 0 amide bonds. The van der Waals surface area contributed by atoms with Crippen LogP contribution >= 0.6 is 11.6 Å². The lowest BCUT2D eigenvalue weighted by molar-refractivity contribution is 0.628. The molecule has 0 atom stereocenters. The summed E-state index contributed by atoms with van der Waals surface area (Å²) in [6.07, 6.45) is 1.49. The topological polar surface area (TPSA) is 55.3 Å². The molecule has 0 aliphatic heterocycles. The van der Waals surface area contributed by atoms with Crippen LogP contribution in [0.25, 0.3) is 0 Å². The second kappa shape index (κ2) is 4.30. The van der Waals surface area contributed by atoms with Gasteiger partial charge in [0.1, 0.15) is 5.82 Å². The van der Waals surface area contributed by atoms with E-state index in [0.717, 1.165) is 0 Å². The van der Waals surface area contributed by atoms with Crippen LogP contribution in [-0.2, 0) is 0 Å². The standard InChI is InChI=1S/C9H11ClFN3/c1-6(12)5-14(13)7-2-3-8(10)9(11)4-7/h2-5H,12-13H2,1H3/b6-5-. The molecule has 1 rings (SSSR count). The number of hydrogen-bond donors (Lipinski definition) is 2. The zero-order valence-electron chi connectivity index (χ0n) is 7.67. The molecule has 0 fully saturated rings. The zero-order valence-corrected chi connectivity index (χ0v) is 8.42. The predicted molar refractivity (Wildman–Crippen MR) is 56.0 cm³/mol. The number of nitrogens with zero attached hydrogens (tertiary/aromatic N) is 1. The van der Waals surface area contributed by atoms with Gasteiger partial charge in [-0.1, -0.05) is 11.6 Å². The van der Waals surface area contributed by atoms with Gasteiger partial charge in [-0.3, -0.25) is 5.01 Å². The van der Waals surface area contributed by atoms with Crippen molar-refractivity contribution in [1.29, 1.82) is 0 Å². The van der Waals surface area contributed by atoms with Gasteiger partial charge in [0.05, 0.1) is 10.7 Å². The monoisotopic (exact) mass is 215 g/mol. The van der Waals surface area contributed by atoms with Crippen LogP contribution in [0.3, 0.4) is 0 Å². The Hall–Kier alpha value is -1.26. The lowest BCUT2D eigenvalue weighted by Gasteiger charge is -2.14. The summed E-state index contributed by atoms with van der Waals surface area (Å²) in [5.41, 5.74) is 6.43. The highest BCUT2D eigenvalue weighted by molar-refractivity contribution is 6.30. The van der Waals surface area contributed by atoms with Gasteiger partial charge in [-0.15, -0.1) is 0 Å². The van der Waals surface area contributed by atoms with Crippen molar-refractivity contribution in [2.24, 2.45) is 11.6 Å². The quantitative estimate of drug-likeness (QED) is 0.586. The van der Waals surface area contributed by atoms with Gasteiger partial charge in [0.25, 0.3) is 0 Å². The Morgan fingerprint density at radius 1 is 1.57 bits per heavy atom. The molecule has 5 heteroatoms. The third-order valence-electron chi connectivity index (χ3n) is 1.54. The van der Waals surface area contributed by atoms with Crippen LogP contribution in [0.15, 0.2) is 30.1 Å². The molecule has 0 unspecified atom stereocenters. The summed E-state index contributed by atoms with van der Waals surface area (Å²) in [7, 11) is 0. The zero-order chi connectivity index (χ0) is 10.7. The van der Waals surface area contributed by atoms with Gasteiger partial charge in [-0.05, 0) is 19.1 Å². The molecule has 0 heterocycles. The summed E-state index contributed by atoms with van der Waals surface area (Å²) >= 11 is 5.52. The summed E-state index contributed by atoms with van der Waals surface area (Å²) in [4.78, 5) is 0. The van der Waals surface area contributed by atoms with E-state index in [1.165, 1.54) is 23.3 Å². The van der Waals surface area contributed by atoms with Gasteiger partial charge in [0.15, 0.2) is 0 Å². The fourth-order valence-electron chi connectivity index (χ4n) is 0.940. The molecule has 76 valence electrons. The van der Waals surface area contributed by atoms with Crippen molar-refractivity contribution in [3.05, 3.63) is 40.9 Å². The van der Waals surface area contributed by atoms with Crippen molar-refractivity contribution in [3.8, 4) is 0 Å². The van der Waals surface area contributed by atoms with Gasteiger partial charge < -0.3 is 5.73 Å². The number of halogens is 2. The minimum Gasteiger partial charge on any atom is -0.401 e.